The van der Waals surface area contributed by atoms with Crippen LogP contribution in [0.4, 0.5) is 0 Å². The molecule has 24 heavy (non-hydrogen) atoms. The van der Waals surface area contributed by atoms with Gasteiger partial charge in [0.25, 0.3) is 6.10 Å². The molecule has 3 rings (SSSR count). The fraction of sp³-hybridized carbons (Fsp3) is 0.0625. The number of fused-ring (bicyclic) bond motifs is 1. The minimum Gasteiger partial charge on any atom is -0.508 e. The Bertz CT molecular complexity index is 935. The molecule has 1 atom stereocenters. The Morgan fingerprint density at radius 1 is 1.29 bits per heavy atom. The Labute approximate surface area is 136 Å². The van der Waals surface area contributed by atoms with Crippen LogP contribution in [0.1, 0.15) is 17.5 Å². The molecule has 1 aromatic heterocycles. The molecule has 0 bridgehead atoms. The Morgan fingerprint density at radius 2 is 2.08 bits per heavy atom. The highest BCUT2D eigenvalue weighted by Gasteiger charge is 2.26. The predicted molar refractivity (Wildman–Crippen MR) is 86.2 cm³/mol. The van der Waals surface area contributed by atoms with Crippen LogP contribution in [0, 0.1) is 5.41 Å². The molecule has 0 radical (unpaired) electrons. The fourth-order valence-corrected chi connectivity index (χ4v) is 2.24. The summed E-state index contributed by atoms with van der Waals surface area (Å²) in [4.78, 5) is 18.6. The fourth-order valence-electron chi connectivity index (χ4n) is 2.24. The smallest absolute Gasteiger partial charge is 0.352 e. The molecule has 8 nitrogen and oxygen atoms in total. The summed E-state index contributed by atoms with van der Waals surface area (Å²) in [5, 5.41) is 26.3. The average molecular weight is 326 g/mol. The monoisotopic (exact) mass is 326 g/mol. The SMILES string of the molecule is N=C(N)c1ccc2nc(C(Oc3cccc(O)c3)C(=O)O)[nH]c2c1. The number of phenolic OH excluding ortho intramolecular Hbond substituents is 1. The van der Waals surface area contributed by atoms with Gasteiger partial charge in [-0.05, 0) is 30.3 Å². The van der Waals surface area contributed by atoms with Crippen molar-refractivity contribution >= 4 is 22.8 Å². The van der Waals surface area contributed by atoms with E-state index >= 15 is 0 Å². The van der Waals surface area contributed by atoms with Gasteiger partial charge in [0.1, 0.15) is 17.3 Å². The number of carboxylic acids is 1. The number of ether oxygens (including phenoxy) is 1. The molecule has 0 amide bonds. The molecule has 3 aromatic rings. The zero-order valence-corrected chi connectivity index (χ0v) is 12.4. The van der Waals surface area contributed by atoms with E-state index in [0.717, 1.165) is 0 Å². The molecule has 0 saturated carbocycles. The number of aromatic nitrogens is 2. The number of imidazole rings is 1. The first-order chi connectivity index (χ1) is 11.4. The summed E-state index contributed by atoms with van der Waals surface area (Å²) in [7, 11) is 0. The molecule has 0 aliphatic rings. The number of hydrogen-bond acceptors (Lipinski definition) is 5. The second kappa shape index (κ2) is 5.92. The van der Waals surface area contributed by atoms with Crippen LogP contribution in [0.5, 0.6) is 11.5 Å². The highest BCUT2D eigenvalue weighted by atomic mass is 16.5. The van der Waals surface area contributed by atoms with Gasteiger partial charge in [-0.3, -0.25) is 5.41 Å². The lowest BCUT2D eigenvalue weighted by molar-refractivity contribution is -0.145. The van der Waals surface area contributed by atoms with Crippen molar-refractivity contribution in [1.82, 2.24) is 9.97 Å². The van der Waals surface area contributed by atoms with E-state index in [1.54, 1.807) is 24.3 Å². The molecule has 0 aliphatic heterocycles. The normalized spacial score (nSPS) is 12.0. The van der Waals surface area contributed by atoms with Crippen molar-refractivity contribution in [2.45, 2.75) is 6.10 Å². The summed E-state index contributed by atoms with van der Waals surface area (Å²) in [6.07, 6.45) is -1.38. The number of hydrogen-bond donors (Lipinski definition) is 5. The van der Waals surface area contributed by atoms with Crippen molar-refractivity contribution in [3.05, 3.63) is 53.9 Å². The van der Waals surface area contributed by atoms with Gasteiger partial charge in [-0.25, -0.2) is 9.78 Å². The molecule has 8 heteroatoms. The molecule has 0 fully saturated rings. The maximum absolute atomic E-state index is 11.5. The number of benzene rings is 2. The topological polar surface area (TPSA) is 145 Å². The number of aromatic amines is 1. The number of aliphatic carboxylic acids is 1. The van der Waals surface area contributed by atoms with Gasteiger partial charge in [0, 0.05) is 11.6 Å². The van der Waals surface area contributed by atoms with Crippen molar-refractivity contribution in [1.29, 1.82) is 5.41 Å². The molecule has 0 saturated heterocycles. The van der Waals surface area contributed by atoms with Gasteiger partial charge in [-0.15, -0.1) is 0 Å². The number of nitrogens with zero attached hydrogens (tertiary/aromatic N) is 1. The number of phenols is 1. The number of H-pyrrole nitrogens is 1. The number of rotatable bonds is 5. The van der Waals surface area contributed by atoms with Gasteiger partial charge >= 0.3 is 5.97 Å². The maximum atomic E-state index is 11.5. The Hall–Kier alpha value is -3.55. The molecule has 6 N–H and O–H groups in total. The van der Waals surface area contributed by atoms with Crippen LogP contribution in [0.15, 0.2) is 42.5 Å². The van der Waals surface area contributed by atoms with Crippen molar-refractivity contribution in [2.24, 2.45) is 5.73 Å². The summed E-state index contributed by atoms with van der Waals surface area (Å²) in [5.41, 5.74) is 7.01. The number of carboxylic acid groups (broad SMARTS) is 1. The first-order valence-corrected chi connectivity index (χ1v) is 6.96. The zero-order chi connectivity index (χ0) is 17.3. The standard InChI is InChI=1S/C16H14N4O4/c17-14(18)8-4-5-11-12(6-8)20-15(19-11)13(16(22)23)24-10-3-1-2-9(21)7-10/h1-7,13,21H,(H3,17,18)(H,19,20)(H,22,23). The van der Waals surface area contributed by atoms with E-state index in [0.29, 0.717) is 16.6 Å². The van der Waals surface area contributed by atoms with Crippen molar-refractivity contribution in [3.63, 3.8) is 0 Å². The highest BCUT2D eigenvalue weighted by molar-refractivity contribution is 5.98. The second-order valence-electron chi connectivity index (χ2n) is 5.10. The first-order valence-electron chi connectivity index (χ1n) is 6.96. The van der Waals surface area contributed by atoms with Gasteiger partial charge in [0.15, 0.2) is 5.82 Å². The Balaban J connectivity index is 1.98. The third-order valence-electron chi connectivity index (χ3n) is 3.36. The van der Waals surface area contributed by atoms with E-state index < -0.39 is 12.1 Å². The van der Waals surface area contributed by atoms with Crippen LogP contribution in [-0.2, 0) is 4.79 Å². The molecular formula is C16H14N4O4. The zero-order valence-electron chi connectivity index (χ0n) is 12.4. The molecular weight excluding hydrogens is 312 g/mol. The van der Waals surface area contributed by atoms with Gasteiger partial charge in [-0.2, -0.15) is 0 Å². The minimum absolute atomic E-state index is 0.0349. The van der Waals surface area contributed by atoms with Crippen LogP contribution in [0.3, 0.4) is 0 Å². The quantitative estimate of drug-likeness (QED) is 0.357. The van der Waals surface area contributed by atoms with Gasteiger partial charge in [-0.1, -0.05) is 6.07 Å². The van der Waals surface area contributed by atoms with Crippen LogP contribution in [0.25, 0.3) is 11.0 Å². The van der Waals surface area contributed by atoms with E-state index in [4.69, 9.17) is 15.9 Å². The molecule has 1 heterocycles. The van der Waals surface area contributed by atoms with Crippen LogP contribution in [-0.4, -0.2) is 32.0 Å². The predicted octanol–water partition coefficient (Wildman–Crippen LogP) is 1.76. The molecule has 2 aromatic carbocycles. The molecule has 1 unspecified atom stereocenters. The summed E-state index contributed by atoms with van der Waals surface area (Å²) in [5.74, 6) is -1.07. The lowest BCUT2D eigenvalue weighted by Gasteiger charge is -2.12. The minimum atomic E-state index is -1.38. The highest BCUT2D eigenvalue weighted by Crippen LogP contribution is 2.25. The lowest BCUT2D eigenvalue weighted by Crippen LogP contribution is -2.19. The number of amidine groups is 1. The second-order valence-corrected chi connectivity index (χ2v) is 5.10. The Morgan fingerprint density at radius 3 is 2.75 bits per heavy atom. The summed E-state index contributed by atoms with van der Waals surface area (Å²) in [6, 6.07) is 10.7. The lowest BCUT2D eigenvalue weighted by atomic mass is 10.2. The molecule has 122 valence electrons. The maximum Gasteiger partial charge on any atom is 0.352 e. The largest absolute Gasteiger partial charge is 0.508 e. The molecule has 0 spiro atoms. The first kappa shape index (κ1) is 15.3. The summed E-state index contributed by atoms with van der Waals surface area (Å²) < 4.78 is 5.43. The van der Waals surface area contributed by atoms with Gasteiger partial charge in [0.05, 0.1) is 11.0 Å². The van der Waals surface area contributed by atoms with E-state index in [1.807, 2.05) is 0 Å². The number of carbonyl (C=O) groups is 1. The third-order valence-corrected chi connectivity index (χ3v) is 3.36. The molecule has 0 aliphatic carbocycles. The number of aromatic hydroxyl groups is 1. The summed E-state index contributed by atoms with van der Waals surface area (Å²) >= 11 is 0. The Kier molecular flexibility index (Phi) is 3.78. The van der Waals surface area contributed by atoms with E-state index in [2.05, 4.69) is 9.97 Å². The van der Waals surface area contributed by atoms with E-state index in [-0.39, 0.29) is 23.2 Å². The number of nitrogens with one attached hydrogen (secondary N) is 2. The van der Waals surface area contributed by atoms with Crippen LogP contribution < -0.4 is 10.5 Å². The van der Waals surface area contributed by atoms with E-state index in [1.165, 1.54) is 18.2 Å². The van der Waals surface area contributed by atoms with Gasteiger partial charge < -0.3 is 25.7 Å². The van der Waals surface area contributed by atoms with Crippen LogP contribution >= 0.6 is 0 Å². The average Bonchev–Trinajstić information content (AvgIpc) is 2.94. The number of nitrogens with two attached hydrogens (primary N) is 1. The third kappa shape index (κ3) is 2.98. The van der Waals surface area contributed by atoms with Gasteiger partial charge in [0.2, 0.25) is 0 Å². The van der Waals surface area contributed by atoms with E-state index in [9.17, 15) is 15.0 Å². The van der Waals surface area contributed by atoms with Crippen molar-refractivity contribution in [3.8, 4) is 11.5 Å². The van der Waals surface area contributed by atoms with Crippen molar-refractivity contribution in [2.75, 3.05) is 0 Å². The van der Waals surface area contributed by atoms with Crippen LogP contribution in [0.2, 0.25) is 0 Å². The van der Waals surface area contributed by atoms with Crippen molar-refractivity contribution < 1.29 is 19.7 Å². The number of nitrogen functional groups attached to an aromatic ring is 1. The summed E-state index contributed by atoms with van der Waals surface area (Å²) in [6.45, 7) is 0.